The molecule has 0 spiro atoms. The van der Waals surface area contributed by atoms with Crippen molar-refractivity contribution >= 4 is 10.1 Å². The van der Waals surface area contributed by atoms with Gasteiger partial charge < -0.3 is 14.4 Å². The summed E-state index contributed by atoms with van der Waals surface area (Å²) < 4.78 is 30.1. The number of phenols is 2. The van der Waals surface area contributed by atoms with E-state index >= 15 is 0 Å². The minimum Gasteiger partial charge on any atom is -0.508 e. The van der Waals surface area contributed by atoms with Crippen LogP contribution >= 0.6 is 0 Å². The maximum Gasteiger partial charge on any atom is 0.343 e. The lowest BCUT2D eigenvalue weighted by molar-refractivity contribution is 0.433. The van der Waals surface area contributed by atoms with Crippen molar-refractivity contribution in [2.45, 2.75) is 38.0 Å². The third-order valence-electron chi connectivity index (χ3n) is 3.56. The highest BCUT2D eigenvalue weighted by Gasteiger charge is 2.23. The number of hydrogen-bond donors (Lipinski definition) is 2. The first-order valence-electron chi connectivity index (χ1n) is 7.40. The van der Waals surface area contributed by atoms with E-state index in [1.165, 1.54) is 6.07 Å². The van der Waals surface area contributed by atoms with Crippen LogP contribution < -0.4 is 4.18 Å². The Bertz CT molecular complexity index is 797. The minimum atomic E-state index is -4.24. The maximum absolute atomic E-state index is 12.4. The third kappa shape index (κ3) is 3.96. The fraction of sp³-hybridized carbons (Fsp3) is 0.294. The molecule has 0 heterocycles. The largest absolute Gasteiger partial charge is 0.508 e. The zero-order chi connectivity index (χ0) is 17.0. The molecule has 0 amide bonds. The van der Waals surface area contributed by atoms with Gasteiger partial charge in [0.1, 0.15) is 17.2 Å². The Balaban J connectivity index is 2.41. The highest BCUT2D eigenvalue weighted by atomic mass is 32.2. The van der Waals surface area contributed by atoms with Crippen molar-refractivity contribution < 1.29 is 22.8 Å². The standard InChI is InChI=1S/C17H20O5S/c1-3-4-7-14-12(2)6-5-8-16(14)22-23(20,21)17-11-13(18)9-10-15(17)19/h5-6,8-11,18-19H,3-4,7H2,1-2H3. The molecule has 2 aromatic carbocycles. The average molecular weight is 336 g/mol. The highest BCUT2D eigenvalue weighted by Crippen LogP contribution is 2.31. The van der Waals surface area contributed by atoms with Gasteiger partial charge in [0.05, 0.1) is 0 Å². The predicted octanol–water partition coefficient (Wildman–Crippen LogP) is 3.52. The molecule has 0 fully saturated rings. The van der Waals surface area contributed by atoms with E-state index < -0.39 is 20.8 Å². The van der Waals surface area contributed by atoms with Gasteiger partial charge in [0.25, 0.3) is 0 Å². The van der Waals surface area contributed by atoms with Crippen molar-refractivity contribution in [2.24, 2.45) is 0 Å². The van der Waals surface area contributed by atoms with Crippen molar-refractivity contribution in [3.63, 3.8) is 0 Å². The molecule has 2 N–H and O–H groups in total. The van der Waals surface area contributed by atoms with Crippen LogP contribution in [0.25, 0.3) is 0 Å². The highest BCUT2D eigenvalue weighted by molar-refractivity contribution is 7.87. The Hall–Kier alpha value is -2.21. The van der Waals surface area contributed by atoms with Gasteiger partial charge in [0, 0.05) is 6.07 Å². The third-order valence-corrected chi connectivity index (χ3v) is 4.82. The van der Waals surface area contributed by atoms with Gasteiger partial charge in [-0.25, -0.2) is 0 Å². The fourth-order valence-electron chi connectivity index (χ4n) is 2.29. The van der Waals surface area contributed by atoms with Crippen molar-refractivity contribution in [1.82, 2.24) is 0 Å². The van der Waals surface area contributed by atoms with Crippen molar-refractivity contribution in [3.8, 4) is 17.2 Å². The molecule has 2 aromatic rings. The Labute approximate surface area is 136 Å². The fourth-order valence-corrected chi connectivity index (χ4v) is 3.37. The van der Waals surface area contributed by atoms with Crippen LogP contribution in [0.5, 0.6) is 17.2 Å². The summed E-state index contributed by atoms with van der Waals surface area (Å²) in [5, 5.41) is 19.2. The Morgan fingerprint density at radius 3 is 2.57 bits per heavy atom. The van der Waals surface area contributed by atoms with Crippen LogP contribution in [0.1, 0.15) is 30.9 Å². The number of phenolic OH excluding ortho intramolecular Hbond substituents is 2. The second-order valence-corrected chi connectivity index (χ2v) is 6.86. The molecular weight excluding hydrogens is 316 g/mol. The van der Waals surface area contributed by atoms with Gasteiger partial charge in [-0.05, 0) is 49.1 Å². The molecule has 0 aliphatic rings. The molecule has 0 saturated heterocycles. The molecule has 6 heteroatoms. The van der Waals surface area contributed by atoms with Gasteiger partial charge in [-0.1, -0.05) is 25.5 Å². The Kier molecular flexibility index (Phi) is 5.15. The van der Waals surface area contributed by atoms with Gasteiger partial charge in [-0.2, -0.15) is 8.42 Å². The maximum atomic E-state index is 12.4. The zero-order valence-electron chi connectivity index (χ0n) is 13.1. The summed E-state index contributed by atoms with van der Waals surface area (Å²) in [6, 6.07) is 8.49. The number of unbranched alkanes of at least 4 members (excludes halogenated alkanes) is 1. The molecule has 0 aromatic heterocycles. The van der Waals surface area contributed by atoms with E-state index in [-0.39, 0.29) is 11.5 Å². The van der Waals surface area contributed by atoms with Gasteiger partial charge in [0.2, 0.25) is 0 Å². The zero-order valence-corrected chi connectivity index (χ0v) is 13.9. The van der Waals surface area contributed by atoms with E-state index in [2.05, 4.69) is 6.92 Å². The Morgan fingerprint density at radius 1 is 1.13 bits per heavy atom. The lowest BCUT2D eigenvalue weighted by Crippen LogP contribution is -2.11. The summed E-state index contributed by atoms with van der Waals surface area (Å²) in [7, 11) is -4.24. The molecule has 0 radical (unpaired) electrons. The summed E-state index contributed by atoms with van der Waals surface area (Å²) in [5.41, 5.74) is 1.78. The topological polar surface area (TPSA) is 83.8 Å². The van der Waals surface area contributed by atoms with E-state index in [0.717, 1.165) is 36.1 Å². The van der Waals surface area contributed by atoms with Gasteiger partial charge in [0.15, 0.2) is 4.90 Å². The quantitative estimate of drug-likeness (QED) is 0.623. The molecule has 0 atom stereocenters. The summed E-state index contributed by atoms with van der Waals surface area (Å²) in [5.74, 6) is -0.479. The first kappa shape index (κ1) is 17.1. The predicted molar refractivity (Wildman–Crippen MR) is 87.4 cm³/mol. The summed E-state index contributed by atoms with van der Waals surface area (Å²) in [6.07, 6.45) is 2.60. The molecular formula is C17H20O5S. The molecule has 0 aliphatic heterocycles. The van der Waals surface area contributed by atoms with Crippen LogP contribution in [-0.4, -0.2) is 18.6 Å². The minimum absolute atomic E-state index is 0.251. The Morgan fingerprint density at radius 2 is 1.87 bits per heavy atom. The van der Waals surface area contributed by atoms with E-state index in [1.54, 1.807) is 12.1 Å². The molecule has 5 nitrogen and oxygen atoms in total. The lowest BCUT2D eigenvalue weighted by atomic mass is 10.0. The van der Waals surface area contributed by atoms with Crippen molar-refractivity contribution in [2.75, 3.05) is 0 Å². The second kappa shape index (κ2) is 6.91. The number of hydrogen-bond acceptors (Lipinski definition) is 5. The van der Waals surface area contributed by atoms with Gasteiger partial charge in [-0.15, -0.1) is 0 Å². The number of aromatic hydroxyl groups is 2. The lowest BCUT2D eigenvalue weighted by Gasteiger charge is -2.14. The van der Waals surface area contributed by atoms with E-state index in [9.17, 15) is 18.6 Å². The normalized spacial score (nSPS) is 11.4. The molecule has 0 aliphatic carbocycles. The van der Waals surface area contributed by atoms with Crippen molar-refractivity contribution in [1.29, 1.82) is 0 Å². The molecule has 124 valence electrons. The first-order valence-corrected chi connectivity index (χ1v) is 8.81. The average Bonchev–Trinajstić information content (AvgIpc) is 2.49. The summed E-state index contributed by atoms with van der Waals surface area (Å²) >= 11 is 0. The van der Waals surface area contributed by atoms with Crippen LogP contribution in [0.2, 0.25) is 0 Å². The second-order valence-electron chi connectivity index (χ2n) is 5.34. The van der Waals surface area contributed by atoms with Crippen LogP contribution in [0, 0.1) is 6.92 Å². The smallest absolute Gasteiger partial charge is 0.343 e. The first-order chi connectivity index (χ1) is 10.8. The molecule has 2 rings (SSSR count). The summed E-state index contributed by atoms with van der Waals surface area (Å²) in [6.45, 7) is 3.95. The molecule has 23 heavy (non-hydrogen) atoms. The number of aryl methyl sites for hydroxylation is 1. The molecule has 0 saturated carbocycles. The van der Waals surface area contributed by atoms with E-state index in [4.69, 9.17) is 4.18 Å². The van der Waals surface area contributed by atoms with Crippen molar-refractivity contribution in [3.05, 3.63) is 47.5 Å². The van der Waals surface area contributed by atoms with E-state index in [1.807, 2.05) is 13.0 Å². The molecule has 0 bridgehead atoms. The monoisotopic (exact) mass is 336 g/mol. The number of benzene rings is 2. The van der Waals surface area contributed by atoms with Gasteiger partial charge in [-0.3, -0.25) is 0 Å². The SMILES string of the molecule is CCCCc1c(C)cccc1OS(=O)(=O)c1cc(O)ccc1O. The van der Waals surface area contributed by atoms with Crippen LogP contribution in [0.4, 0.5) is 0 Å². The van der Waals surface area contributed by atoms with Crippen LogP contribution in [-0.2, 0) is 16.5 Å². The van der Waals surface area contributed by atoms with E-state index in [0.29, 0.717) is 6.42 Å². The van der Waals surface area contributed by atoms with Crippen LogP contribution in [0.3, 0.4) is 0 Å². The van der Waals surface area contributed by atoms with Crippen LogP contribution in [0.15, 0.2) is 41.3 Å². The number of rotatable bonds is 6. The summed E-state index contributed by atoms with van der Waals surface area (Å²) in [4.78, 5) is -0.458. The van der Waals surface area contributed by atoms with Gasteiger partial charge >= 0.3 is 10.1 Å². The molecule has 0 unspecified atom stereocenters.